The lowest BCUT2D eigenvalue weighted by atomic mass is 10.1. The molecular weight excluding hydrogens is 280 g/mol. The second-order valence-corrected chi connectivity index (χ2v) is 5.75. The summed E-state index contributed by atoms with van der Waals surface area (Å²) in [6, 6.07) is 14.8. The van der Waals surface area contributed by atoms with Crippen molar-refractivity contribution in [3.05, 3.63) is 64.7 Å². The number of benzene rings is 2. The van der Waals surface area contributed by atoms with Crippen LogP contribution >= 0.6 is 11.6 Å². The molecule has 0 aliphatic heterocycles. The topological polar surface area (TPSA) is 9.23 Å². The monoisotopic (exact) mass is 302 g/mol. The molecule has 0 aliphatic carbocycles. The van der Waals surface area contributed by atoms with E-state index in [1.54, 1.807) is 0 Å². The van der Waals surface area contributed by atoms with Crippen molar-refractivity contribution in [3.8, 4) is 5.75 Å². The Balaban J connectivity index is 1.79. The predicted octanol–water partition coefficient (Wildman–Crippen LogP) is 5.44. The third-order valence-electron chi connectivity index (χ3n) is 3.62. The van der Waals surface area contributed by atoms with Crippen LogP contribution in [0.15, 0.2) is 42.5 Å². The molecule has 0 unspecified atom stereocenters. The van der Waals surface area contributed by atoms with Gasteiger partial charge in [0.2, 0.25) is 0 Å². The maximum Gasteiger partial charge on any atom is 0.125 e. The Bertz CT molecular complexity index is 540. The molecule has 0 saturated carbocycles. The van der Waals surface area contributed by atoms with Crippen molar-refractivity contribution >= 4 is 11.6 Å². The first-order valence-corrected chi connectivity index (χ1v) is 8.07. The van der Waals surface area contributed by atoms with Gasteiger partial charge in [0.05, 0.1) is 6.61 Å². The van der Waals surface area contributed by atoms with Crippen LogP contribution in [0.2, 0.25) is 0 Å². The predicted molar refractivity (Wildman–Crippen MR) is 90.3 cm³/mol. The summed E-state index contributed by atoms with van der Waals surface area (Å²) in [5.74, 6) is 1.57. The summed E-state index contributed by atoms with van der Waals surface area (Å²) in [6.45, 7) is 4.94. The Morgan fingerprint density at radius 3 is 2.19 bits per heavy atom. The molecule has 0 bridgehead atoms. The van der Waals surface area contributed by atoms with Gasteiger partial charge >= 0.3 is 0 Å². The van der Waals surface area contributed by atoms with Gasteiger partial charge in [-0.2, -0.15) is 0 Å². The lowest BCUT2D eigenvalue weighted by Crippen LogP contribution is -2.02. The van der Waals surface area contributed by atoms with Crippen LogP contribution < -0.4 is 4.74 Å². The first-order valence-electron chi connectivity index (χ1n) is 7.53. The third-order valence-corrected chi connectivity index (χ3v) is 3.93. The molecule has 0 aliphatic rings. The number of rotatable bonds is 7. The number of hydrogen-bond donors (Lipinski definition) is 0. The Kier molecular flexibility index (Phi) is 6.13. The van der Waals surface area contributed by atoms with Crippen LogP contribution in [0.1, 0.15) is 35.1 Å². The number of ether oxygens (including phenoxy) is 1. The summed E-state index contributed by atoms with van der Waals surface area (Å²) in [5.41, 5.74) is 4.90. The standard InChI is InChI=1S/C19H23ClO/c1-15-12-18(14-20)13-16(2)19(15)21-11-7-6-10-17-8-4-3-5-9-17/h3-5,8-9,12-13H,6-7,10-11,14H2,1-2H3. The smallest absolute Gasteiger partial charge is 0.125 e. The Hall–Kier alpha value is -1.47. The molecule has 0 aromatic heterocycles. The minimum Gasteiger partial charge on any atom is -0.493 e. The molecule has 21 heavy (non-hydrogen) atoms. The summed E-state index contributed by atoms with van der Waals surface area (Å²) < 4.78 is 5.96. The summed E-state index contributed by atoms with van der Waals surface area (Å²) in [5, 5.41) is 0. The van der Waals surface area contributed by atoms with Crippen LogP contribution in [0, 0.1) is 13.8 Å². The highest BCUT2D eigenvalue weighted by Crippen LogP contribution is 2.25. The molecule has 2 aromatic rings. The van der Waals surface area contributed by atoms with Crippen LogP contribution in [0.3, 0.4) is 0 Å². The van der Waals surface area contributed by atoms with Crippen molar-refractivity contribution in [1.82, 2.24) is 0 Å². The zero-order valence-electron chi connectivity index (χ0n) is 12.9. The van der Waals surface area contributed by atoms with Gasteiger partial charge in [-0.1, -0.05) is 42.5 Å². The van der Waals surface area contributed by atoms with E-state index in [4.69, 9.17) is 16.3 Å². The maximum atomic E-state index is 5.96. The van der Waals surface area contributed by atoms with Crippen LogP contribution in [-0.4, -0.2) is 6.61 Å². The van der Waals surface area contributed by atoms with Gasteiger partial charge in [0, 0.05) is 5.88 Å². The lowest BCUT2D eigenvalue weighted by Gasteiger charge is -2.13. The highest BCUT2D eigenvalue weighted by molar-refractivity contribution is 6.17. The van der Waals surface area contributed by atoms with Crippen molar-refractivity contribution in [1.29, 1.82) is 0 Å². The van der Waals surface area contributed by atoms with Crippen LogP contribution in [0.5, 0.6) is 5.75 Å². The fraction of sp³-hybridized carbons (Fsp3) is 0.368. The van der Waals surface area contributed by atoms with Gasteiger partial charge in [-0.15, -0.1) is 11.6 Å². The summed E-state index contributed by atoms with van der Waals surface area (Å²) in [7, 11) is 0. The SMILES string of the molecule is Cc1cc(CCl)cc(C)c1OCCCCc1ccccc1. The highest BCUT2D eigenvalue weighted by Gasteiger charge is 2.06. The van der Waals surface area contributed by atoms with Gasteiger partial charge in [0.15, 0.2) is 0 Å². The first-order chi connectivity index (χ1) is 10.2. The molecule has 0 fully saturated rings. The van der Waals surface area contributed by atoms with E-state index in [-0.39, 0.29) is 0 Å². The normalized spacial score (nSPS) is 10.6. The molecule has 0 radical (unpaired) electrons. The van der Waals surface area contributed by atoms with Crippen molar-refractivity contribution < 1.29 is 4.74 Å². The van der Waals surface area contributed by atoms with Gasteiger partial charge < -0.3 is 4.74 Å². The molecule has 112 valence electrons. The van der Waals surface area contributed by atoms with E-state index in [9.17, 15) is 0 Å². The number of aryl methyl sites for hydroxylation is 3. The number of unbranched alkanes of at least 4 members (excludes halogenated alkanes) is 1. The summed E-state index contributed by atoms with van der Waals surface area (Å²) >= 11 is 5.89. The van der Waals surface area contributed by atoms with E-state index in [0.29, 0.717) is 5.88 Å². The Morgan fingerprint density at radius 2 is 1.57 bits per heavy atom. The van der Waals surface area contributed by atoms with Gasteiger partial charge in [0.1, 0.15) is 5.75 Å². The molecule has 0 heterocycles. The fourth-order valence-corrected chi connectivity index (χ4v) is 2.75. The molecule has 2 aromatic carbocycles. The molecule has 0 spiro atoms. The number of hydrogen-bond acceptors (Lipinski definition) is 1. The van der Waals surface area contributed by atoms with Crippen molar-refractivity contribution in [2.45, 2.75) is 39.0 Å². The average molecular weight is 303 g/mol. The minimum absolute atomic E-state index is 0.555. The lowest BCUT2D eigenvalue weighted by molar-refractivity contribution is 0.303. The van der Waals surface area contributed by atoms with Crippen LogP contribution in [0.4, 0.5) is 0 Å². The molecule has 0 atom stereocenters. The van der Waals surface area contributed by atoms with E-state index in [1.165, 1.54) is 16.7 Å². The molecule has 0 saturated heterocycles. The van der Waals surface area contributed by atoms with Gasteiger partial charge in [-0.25, -0.2) is 0 Å². The van der Waals surface area contributed by atoms with E-state index < -0.39 is 0 Å². The minimum atomic E-state index is 0.555. The molecule has 0 amide bonds. The summed E-state index contributed by atoms with van der Waals surface area (Å²) in [4.78, 5) is 0. The molecule has 2 rings (SSSR count). The van der Waals surface area contributed by atoms with Gasteiger partial charge in [-0.3, -0.25) is 0 Å². The largest absolute Gasteiger partial charge is 0.493 e. The number of alkyl halides is 1. The van der Waals surface area contributed by atoms with E-state index in [0.717, 1.165) is 37.2 Å². The second-order valence-electron chi connectivity index (χ2n) is 5.48. The van der Waals surface area contributed by atoms with E-state index >= 15 is 0 Å². The zero-order valence-corrected chi connectivity index (χ0v) is 13.6. The quantitative estimate of drug-likeness (QED) is 0.488. The van der Waals surface area contributed by atoms with Crippen LogP contribution in [0.25, 0.3) is 0 Å². The van der Waals surface area contributed by atoms with Gasteiger partial charge in [-0.05, 0) is 55.4 Å². The second kappa shape index (κ2) is 8.09. The first kappa shape index (κ1) is 15.9. The number of halogens is 1. The van der Waals surface area contributed by atoms with Crippen molar-refractivity contribution in [2.75, 3.05) is 6.61 Å². The van der Waals surface area contributed by atoms with E-state index in [2.05, 4.69) is 56.3 Å². The van der Waals surface area contributed by atoms with E-state index in [1.807, 2.05) is 0 Å². The highest BCUT2D eigenvalue weighted by atomic mass is 35.5. The fourth-order valence-electron chi connectivity index (χ4n) is 2.59. The molecule has 0 N–H and O–H groups in total. The Labute approximate surface area is 132 Å². The summed E-state index contributed by atoms with van der Waals surface area (Å²) in [6.07, 6.45) is 3.35. The van der Waals surface area contributed by atoms with Crippen molar-refractivity contribution in [3.63, 3.8) is 0 Å². The third kappa shape index (κ3) is 4.78. The zero-order chi connectivity index (χ0) is 15.1. The molecule has 1 nitrogen and oxygen atoms in total. The van der Waals surface area contributed by atoms with Gasteiger partial charge in [0.25, 0.3) is 0 Å². The van der Waals surface area contributed by atoms with Crippen LogP contribution in [-0.2, 0) is 12.3 Å². The molecule has 2 heteroatoms. The van der Waals surface area contributed by atoms with Crippen molar-refractivity contribution in [2.24, 2.45) is 0 Å². The maximum absolute atomic E-state index is 5.96. The Morgan fingerprint density at radius 1 is 0.905 bits per heavy atom. The average Bonchev–Trinajstić information content (AvgIpc) is 2.50. The molecular formula is C19H23ClO.